The highest BCUT2D eigenvalue weighted by atomic mass is 16.3. The summed E-state index contributed by atoms with van der Waals surface area (Å²) in [7, 11) is 0. The molecule has 0 aliphatic heterocycles. The molecule has 0 aliphatic carbocycles. The molecule has 2 atom stereocenters. The van der Waals surface area contributed by atoms with Crippen LogP contribution in [0.1, 0.15) is 174 Å². The molecule has 0 aromatic heterocycles. The lowest BCUT2D eigenvalue weighted by molar-refractivity contribution is -0.123. The van der Waals surface area contributed by atoms with Crippen LogP contribution < -0.4 is 5.32 Å². The standard InChI is InChI=1S/C35H67NO3/c1-3-5-7-9-11-13-15-17-19-20-22-24-26-28-30-34(38)33(32-37)36-35(39)31-29-27-25-23-21-18-16-14-12-10-8-6-4-2/h18,21,28,30,33-34,37-38H,3-17,19-20,22-27,29,31-32H2,1-2H3,(H,36,39)/b21-18-,30-28+. The summed E-state index contributed by atoms with van der Waals surface area (Å²) in [6, 6.07) is -0.624. The molecule has 4 nitrogen and oxygen atoms in total. The van der Waals surface area contributed by atoms with Gasteiger partial charge in [0.2, 0.25) is 5.91 Å². The number of amides is 1. The van der Waals surface area contributed by atoms with Crippen LogP contribution in [0, 0.1) is 0 Å². The second kappa shape index (κ2) is 31.4. The molecule has 230 valence electrons. The molecule has 0 aromatic rings. The Hall–Kier alpha value is -1.13. The first kappa shape index (κ1) is 37.9. The smallest absolute Gasteiger partial charge is 0.220 e. The molecule has 1 amide bonds. The normalized spacial score (nSPS) is 13.4. The van der Waals surface area contributed by atoms with Crippen LogP contribution in [-0.4, -0.2) is 34.9 Å². The third-order valence-corrected chi connectivity index (χ3v) is 7.68. The zero-order valence-corrected chi connectivity index (χ0v) is 26.2. The predicted octanol–water partition coefficient (Wildman–Crippen LogP) is 9.73. The summed E-state index contributed by atoms with van der Waals surface area (Å²) in [5, 5.41) is 22.8. The van der Waals surface area contributed by atoms with Crippen LogP contribution in [0.5, 0.6) is 0 Å². The summed E-state index contributed by atoms with van der Waals surface area (Å²) in [6.07, 6.45) is 38.2. The van der Waals surface area contributed by atoms with Gasteiger partial charge < -0.3 is 15.5 Å². The van der Waals surface area contributed by atoms with E-state index in [0.717, 1.165) is 38.5 Å². The van der Waals surface area contributed by atoms with Crippen LogP contribution in [0.4, 0.5) is 0 Å². The van der Waals surface area contributed by atoms with E-state index in [1.807, 2.05) is 6.08 Å². The molecule has 0 saturated heterocycles. The fraction of sp³-hybridized carbons (Fsp3) is 0.857. The molecular weight excluding hydrogens is 482 g/mol. The quantitative estimate of drug-likeness (QED) is 0.0617. The van der Waals surface area contributed by atoms with Crippen LogP contribution >= 0.6 is 0 Å². The van der Waals surface area contributed by atoms with Gasteiger partial charge in [-0.05, 0) is 44.9 Å². The highest BCUT2D eigenvalue weighted by molar-refractivity contribution is 5.76. The van der Waals surface area contributed by atoms with E-state index in [-0.39, 0.29) is 12.5 Å². The summed E-state index contributed by atoms with van der Waals surface area (Å²) >= 11 is 0. The van der Waals surface area contributed by atoms with Crippen molar-refractivity contribution in [3.05, 3.63) is 24.3 Å². The number of aliphatic hydroxyl groups excluding tert-OH is 2. The molecule has 3 N–H and O–H groups in total. The van der Waals surface area contributed by atoms with Crippen LogP contribution in [0.2, 0.25) is 0 Å². The lowest BCUT2D eigenvalue weighted by Crippen LogP contribution is -2.45. The van der Waals surface area contributed by atoms with E-state index in [2.05, 4.69) is 31.3 Å². The Labute approximate surface area is 243 Å². The topological polar surface area (TPSA) is 69.6 Å². The van der Waals surface area contributed by atoms with Gasteiger partial charge in [-0.1, -0.05) is 147 Å². The van der Waals surface area contributed by atoms with Crippen molar-refractivity contribution >= 4 is 5.91 Å². The van der Waals surface area contributed by atoms with Gasteiger partial charge in [0.1, 0.15) is 0 Å². The number of aliphatic hydroxyl groups is 2. The van der Waals surface area contributed by atoms with Gasteiger partial charge in [-0.15, -0.1) is 0 Å². The summed E-state index contributed by atoms with van der Waals surface area (Å²) < 4.78 is 0. The maximum atomic E-state index is 12.2. The van der Waals surface area contributed by atoms with Crippen molar-refractivity contribution in [3.63, 3.8) is 0 Å². The number of hydrogen-bond donors (Lipinski definition) is 3. The molecule has 0 saturated carbocycles. The first-order valence-electron chi connectivity index (χ1n) is 17.1. The van der Waals surface area contributed by atoms with Gasteiger partial charge in [0.15, 0.2) is 0 Å². The largest absolute Gasteiger partial charge is 0.394 e. The van der Waals surface area contributed by atoms with E-state index in [9.17, 15) is 15.0 Å². The monoisotopic (exact) mass is 550 g/mol. The minimum atomic E-state index is -0.840. The molecule has 0 aromatic carbocycles. The molecule has 0 radical (unpaired) electrons. The Morgan fingerprint density at radius 2 is 0.974 bits per heavy atom. The van der Waals surface area contributed by atoms with Crippen molar-refractivity contribution in [1.29, 1.82) is 0 Å². The van der Waals surface area contributed by atoms with Gasteiger partial charge in [0, 0.05) is 6.42 Å². The first-order valence-corrected chi connectivity index (χ1v) is 17.1. The molecular formula is C35H67NO3. The number of hydrogen-bond acceptors (Lipinski definition) is 3. The summed E-state index contributed by atoms with van der Waals surface area (Å²) in [5.74, 6) is -0.0823. The van der Waals surface area contributed by atoms with E-state index in [0.29, 0.717) is 6.42 Å². The van der Waals surface area contributed by atoms with Crippen molar-refractivity contribution in [2.75, 3.05) is 6.61 Å². The van der Waals surface area contributed by atoms with Crippen molar-refractivity contribution in [1.82, 2.24) is 5.32 Å². The number of rotatable bonds is 30. The van der Waals surface area contributed by atoms with E-state index in [1.54, 1.807) is 6.08 Å². The first-order chi connectivity index (χ1) is 19.2. The van der Waals surface area contributed by atoms with E-state index in [1.165, 1.54) is 116 Å². The van der Waals surface area contributed by atoms with Gasteiger partial charge in [-0.25, -0.2) is 0 Å². The minimum Gasteiger partial charge on any atom is -0.394 e. The van der Waals surface area contributed by atoms with Gasteiger partial charge in [-0.2, -0.15) is 0 Å². The predicted molar refractivity (Wildman–Crippen MR) is 170 cm³/mol. The molecule has 0 fully saturated rings. The molecule has 0 spiro atoms. The number of carbonyl (C=O) groups is 1. The van der Waals surface area contributed by atoms with Crippen molar-refractivity contribution in [3.8, 4) is 0 Å². The zero-order chi connectivity index (χ0) is 28.7. The maximum absolute atomic E-state index is 12.2. The third kappa shape index (κ3) is 28.2. The maximum Gasteiger partial charge on any atom is 0.220 e. The summed E-state index contributed by atoms with van der Waals surface area (Å²) in [4.78, 5) is 12.2. The van der Waals surface area contributed by atoms with Crippen LogP contribution in [0.15, 0.2) is 24.3 Å². The highest BCUT2D eigenvalue weighted by Gasteiger charge is 2.17. The second-order valence-electron chi connectivity index (χ2n) is 11.6. The number of allylic oxidation sites excluding steroid dienone is 3. The number of carbonyl (C=O) groups excluding carboxylic acids is 1. The average Bonchev–Trinajstić information content (AvgIpc) is 2.94. The Balaban J connectivity index is 3.68. The van der Waals surface area contributed by atoms with E-state index < -0.39 is 12.1 Å². The van der Waals surface area contributed by atoms with E-state index in [4.69, 9.17) is 0 Å². The molecule has 0 heterocycles. The molecule has 0 aliphatic rings. The molecule has 4 heteroatoms. The minimum absolute atomic E-state index is 0.0823. The Morgan fingerprint density at radius 1 is 0.590 bits per heavy atom. The lowest BCUT2D eigenvalue weighted by atomic mass is 10.0. The third-order valence-electron chi connectivity index (χ3n) is 7.68. The fourth-order valence-electron chi connectivity index (χ4n) is 4.99. The Bertz CT molecular complexity index is 560. The Kier molecular flexibility index (Phi) is 30.5. The molecule has 0 bridgehead atoms. The Morgan fingerprint density at radius 3 is 1.41 bits per heavy atom. The van der Waals surface area contributed by atoms with Gasteiger partial charge >= 0.3 is 0 Å². The van der Waals surface area contributed by atoms with Crippen molar-refractivity contribution < 1.29 is 15.0 Å². The summed E-state index contributed by atoms with van der Waals surface area (Å²) in [5.41, 5.74) is 0. The van der Waals surface area contributed by atoms with Crippen molar-refractivity contribution in [2.45, 2.75) is 187 Å². The van der Waals surface area contributed by atoms with Gasteiger partial charge in [0.05, 0.1) is 18.8 Å². The van der Waals surface area contributed by atoms with Crippen LogP contribution in [-0.2, 0) is 4.79 Å². The highest BCUT2D eigenvalue weighted by Crippen LogP contribution is 2.13. The zero-order valence-electron chi connectivity index (χ0n) is 26.2. The SMILES string of the molecule is CCCCCCCC/C=C\CCCCCC(=O)NC(CO)C(O)/C=C/CCCCCCCCCCCCCC. The number of nitrogens with one attached hydrogen (secondary N) is 1. The lowest BCUT2D eigenvalue weighted by Gasteiger charge is -2.19. The molecule has 0 rings (SSSR count). The second-order valence-corrected chi connectivity index (χ2v) is 11.6. The van der Waals surface area contributed by atoms with Gasteiger partial charge in [0.25, 0.3) is 0 Å². The van der Waals surface area contributed by atoms with E-state index >= 15 is 0 Å². The molecule has 39 heavy (non-hydrogen) atoms. The van der Waals surface area contributed by atoms with Crippen LogP contribution in [0.3, 0.4) is 0 Å². The number of unbranched alkanes of at least 4 members (excludes halogenated alkanes) is 21. The van der Waals surface area contributed by atoms with Gasteiger partial charge in [-0.3, -0.25) is 4.79 Å². The van der Waals surface area contributed by atoms with Crippen molar-refractivity contribution in [2.24, 2.45) is 0 Å². The van der Waals surface area contributed by atoms with Crippen LogP contribution in [0.25, 0.3) is 0 Å². The summed E-state index contributed by atoms with van der Waals surface area (Å²) in [6.45, 7) is 4.27. The average molecular weight is 550 g/mol. The fourth-order valence-corrected chi connectivity index (χ4v) is 4.99. The molecule has 2 unspecified atom stereocenters.